The number of primary amides is 1. The highest BCUT2D eigenvalue weighted by Crippen LogP contribution is 2.49. The summed E-state index contributed by atoms with van der Waals surface area (Å²) in [7, 11) is 1.48. The van der Waals surface area contributed by atoms with Gasteiger partial charge in [-0.2, -0.15) is 0 Å². The van der Waals surface area contributed by atoms with E-state index in [4.69, 9.17) is 51.5 Å². The first-order chi connectivity index (χ1) is 47.2. The van der Waals surface area contributed by atoms with E-state index in [0.717, 1.165) is 48.5 Å². The zero-order valence-corrected chi connectivity index (χ0v) is 54.8. The quantitative estimate of drug-likeness (QED) is 0.0703. The molecular weight excluding hydrogens is 1340 g/mol. The van der Waals surface area contributed by atoms with Crippen molar-refractivity contribution in [1.82, 2.24) is 37.2 Å². The molecule has 7 aliphatic heterocycles. The van der Waals surface area contributed by atoms with Crippen LogP contribution in [0.4, 0.5) is 0 Å². The van der Waals surface area contributed by atoms with Crippen molar-refractivity contribution in [2.45, 2.75) is 156 Å². The van der Waals surface area contributed by atoms with Crippen LogP contribution >= 0.6 is 11.6 Å². The summed E-state index contributed by atoms with van der Waals surface area (Å²) in [6, 6.07) is 1.22. The molecule has 0 aliphatic carbocycles. The third-order valence-corrected chi connectivity index (χ3v) is 18.0. The predicted molar refractivity (Wildman–Crippen MR) is 344 cm³/mol. The fraction of sp³-hybridized carbons (Fsp3) is 0.424. The SMILES string of the molecule is CN[C@H](CC(C)C)C(=O)N[C@H]1C(=O)N[C@@H](CC(N)=O)C(=O)NC2C(=O)N[C@H]3C(=O)N[C@H](C(=O)NC(C(=O)O)c4cc(O)cc(O)c4-c4cc3ccc4O)[C@H](O)c3ccc(cc3)Oc3cc2cc(c3OC2OC(CO)C(O)C(O)C2OC2CC(C)(N)C(O)C(C)O2)Oc2ccc(cc2Cl)[C@H]1O. The lowest BCUT2D eigenvalue weighted by Crippen LogP contribution is -2.64. The van der Waals surface area contributed by atoms with Crippen LogP contribution in [0.3, 0.4) is 0 Å². The number of nitrogens with one attached hydrogen (secondary N) is 7. The number of fused-ring (bicyclic) bond motifs is 15. The number of aliphatic hydroxyl groups excluding tert-OH is 6. The number of aliphatic carboxylic acids is 1. The Balaban J connectivity index is 1.23. The first-order valence-corrected chi connectivity index (χ1v) is 31.9. The molecule has 18 atom stereocenters. The van der Waals surface area contributed by atoms with Crippen molar-refractivity contribution in [2.24, 2.45) is 17.4 Å². The van der Waals surface area contributed by atoms with Crippen LogP contribution in [0.1, 0.15) is 105 Å². The molecule has 100 heavy (non-hydrogen) atoms. The van der Waals surface area contributed by atoms with Gasteiger partial charge in [0.1, 0.15) is 89.5 Å². The lowest BCUT2D eigenvalue weighted by Gasteiger charge is -2.47. The number of hydrogen-bond donors (Lipinski definition) is 19. The van der Waals surface area contributed by atoms with E-state index in [9.17, 15) is 75.0 Å². The van der Waals surface area contributed by atoms with Gasteiger partial charge in [0.05, 0.1) is 36.3 Å². The number of carbonyl (C=O) groups excluding carboxylic acids is 7. The van der Waals surface area contributed by atoms with E-state index in [-0.39, 0.29) is 52.0 Å². The van der Waals surface area contributed by atoms with Crippen molar-refractivity contribution in [3.63, 3.8) is 0 Å². The maximum Gasteiger partial charge on any atom is 0.330 e. The summed E-state index contributed by atoms with van der Waals surface area (Å²) in [6.07, 6.45) is -18.2. The number of amides is 7. The lowest BCUT2D eigenvalue weighted by molar-refractivity contribution is -0.333. The fourth-order valence-corrected chi connectivity index (χ4v) is 12.7. The Labute approximate surface area is 574 Å². The molecule has 12 rings (SSSR count). The van der Waals surface area contributed by atoms with Crippen LogP contribution in [0.15, 0.2) is 84.9 Å². The van der Waals surface area contributed by atoms with E-state index < -0.39 is 226 Å². The second-order valence-corrected chi connectivity index (χ2v) is 26.0. The van der Waals surface area contributed by atoms with Crippen molar-refractivity contribution < 1.29 is 118 Å². The summed E-state index contributed by atoms with van der Waals surface area (Å²) in [6.45, 7) is 5.70. The van der Waals surface area contributed by atoms with E-state index in [1.54, 1.807) is 0 Å². The Morgan fingerprint density at radius 2 is 1.38 bits per heavy atom. The van der Waals surface area contributed by atoms with Crippen LogP contribution in [0, 0.1) is 5.92 Å². The van der Waals surface area contributed by atoms with Crippen molar-refractivity contribution in [3.05, 3.63) is 118 Å². The number of carbonyl (C=O) groups is 8. The van der Waals surface area contributed by atoms with Crippen LogP contribution in [-0.2, 0) is 52.6 Å². The molecule has 0 saturated carbocycles. The molecule has 536 valence electrons. The number of halogens is 1. The third-order valence-electron chi connectivity index (χ3n) is 17.7. The Morgan fingerprint density at radius 3 is 2.02 bits per heavy atom. The van der Waals surface area contributed by atoms with E-state index >= 15 is 14.4 Å². The fourth-order valence-electron chi connectivity index (χ4n) is 12.5. The summed E-state index contributed by atoms with van der Waals surface area (Å²) in [5, 5.41) is 131. The van der Waals surface area contributed by atoms with Gasteiger partial charge in [-0.15, -0.1) is 0 Å². The zero-order chi connectivity index (χ0) is 72.7. The van der Waals surface area contributed by atoms with E-state index in [1.807, 2.05) is 13.8 Å². The maximum atomic E-state index is 16.0. The molecule has 5 aromatic rings. The molecule has 7 heterocycles. The van der Waals surface area contributed by atoms with Gasteiger partial charge >= 0.3 is 5.97 Å². The van der Waals surface area contributed by atoms with Gasteiger partial charge in [0, 0.05) is 34.7 Å². The number of rotatable bonds is 13. The lowest BCUT2D eigenvalue weighted by atomic mass is 9.86. The van der Waals surface area contributed by atoms with Gasteiger partial charge in [-0.05, 0) is 110 Å². The number of hydrogen-bond acceptors (Lipinski definition) is 25. The molecule has 0 radical (unpaired) electrons. The molecule has 0 aromatic heterocycles. The number of nitrogens with two attached hydrogens (primary N) is 2. The molecule has 11 bridgehead atoms. The van der Waals surface area contributed by atoms with Crippen molar-refractivity contribution >= 4 is 58.9 Å². The smallest absolute Gasteiger partial charge is 0.330 e. The molecule has 0 spiro atoms. The first-order valence-electron chi connectivity index (χ1n) is 31.5. The largest absolute Gasteiger partial charge is 0.508 e. The molecule has 7 amide bonds. The van der Waals surface area contributed by atoms with Crippen molar-refractivity contribution in [2.75, 3.05) is 13.7 Å². The molecule has 34 heteroatoms. The van der Waals surface area contributed by atoms with Gasteiger partial charge in [-0.25, -0.2) is 4.79 Å². The zero-order valence-electron chi connectivity index (χ0n) is 54.0. The Hall–Kier alpha value is -9.49. The number of carboxylic acids is 1. The molecule has 2 saturated heterocycles. The first kappa shape index (κ1) is 73.2. The number of benzene rings is 5. The van der Waals surface area contributed by atoms with Crippen molar-refractivity contribution in [1.29, 1.82) is 0 Å². The van der Waals surface area contributed by atoms with Gasteiger partial charge in [-0.3, -0.25) is 33.6 Å². The van der Waals surface area contributed by atoms with Crippen LogP contribution < -0.4 is 62.9 Å². The minimum Gasteiger partial charge on any atom is -0.508 e. The van der Waals surface area contributed by atoms with E-state index in [1.165, 1.54) is 57.3 Å². The highest BCUT2D eigenvalue weighted by atomic mass is 35.5. The third kappa shape index (κ3) is 15.4. The molecule has 11 unspecified atom stereocenters. The van der Waals surface area contributed by atoms with Gasteiger partial charge in [0.2, 0.25) is 53.4 Å². The number of aromatic hydroxyl groups is 3. The Morgan fingerprint density at radius 1 is 0.730 bits per heavy atom. The van der Waals surface area contributed by atoms with Gasteiger partial charge in [0.25, 0.3) is 0 Å². The number of phenolic OH excluding ortho intramolecular Hbond substituents is 3. The monoisotopic (exact) mass is 1410 g/mol. The molecule has 21 N–H and O–H groups in total. The van der Waals surface area contributed by atoms with Crippen LogP contribution in [-0.4, -0.2) is 191 Å². The topological polar surface area (TPSA) is 530 Å². The summed E-state index contributed by atoms with van der Waals surface area (Å²) in [5.41, 5.74) is 8.26. The Bertz CT molecular complexity index is 4000. The summed E-state index contributed by atoms with van der Waals surface area (Å²) >= 11 is 7.06. The van der Waals surface area contributed by atoms with Crippen LogP contribution in [0.5, 0.6) is 46.0 Å². The molecule has 33 nitrogen and oxygen atoms in total. The van der Waals surface area contributed by atoms with Gasteiger partial charge in [-0.1, -0.05) is 49.7 Å². The van der Waals surface area contributed by atoms with Crippen LogP contribution in [0.2, 0.25) is 5.02 Å². The summed E-state index contributed by atoms with van der Waals surface area (Å²) in [4.78, 5) is 117. The summed E-state index contributed by atoms with van der Waals surface area (Å²) in [5.74, 6) is -15.4. The predicted octanol–water partition coefficient (Wildman–Crippen LogP) is -0.547. The molecule has 5 aromatic carbocycles. The number of carboxylic acid groups (broad SMARTS) is 1. The van der Waals surface area contributed by atoms with Crippen LogP contribution in [0.25, 0.3) is 11.1 Å². The van der Waals surface area contributed by atoms with E-state index in [2.05, 4.69) is 37.2 Å². The van der Waals surface area contributed by atoms with Crippen molar-refractivity contribution in [3.8, 4) is 57.1 Å². The number of likely N-dealkylation sites (N-methyl/N-ethyl adjacent to an activating group) is 1. The number of phenols is 3. The highest BCUT2D eigenvalue weighted by Gasteiger charge is 2.51. The Kier molecular flexibility index (Phi) is 21.8. The average Bonchev–Trinajstić information content (AvgIpc) is 0.772. The minimum absolute atomic E-state index is 0.0909. The second kappa shape index (κ2) is 29.8. The number of ether oxygens (including phenoxy) is 6. The second-order valence-electron chi connectivity index (χ2n) is 25.6. The minimum atomic E-state index is -2.31. The maximum absolute atomic E-state index is 16.0. The molecular formula is C66H76ClN9O24. The van der Waals surface area contributed by atoms with Gasteiger partial charge in [0.15, 0.2) is 29.9 Å². The normalized spacial score (nSPS) is 29.6. The standard InChI is InChI=1S/C66H76ClN9O24/c1-24(2)14-35(70-5)58(87)75-50-52(83)28-9-13-39(34(67)16-28)97-41-18-29-17-40(55(41)100-65-56(54(85)53(84)42(23-77)98-65)99-44-22-66(4,69)57(86)25(3)95-44)96-31-10-6-26(7-11-31)51(82)49-63(92)74-48(64(93)94)33-19-30(78)20-38(80)45(33)32-15-27(8-12-37(32)79)46(60(89)76-49)73-61(90)47(29)72-59(88)36(21-43(68)81)71-62(50)91/h6-13,15-20,24-25,35-36,42,44,46-54,56-57,65,70,77-80,82-86H,14,21-23,69H2,1-5H3,(H2,68,81)(H,71,91)(H,72,88)(H,73,90)(H,74,92)(H,75,87)(H,76,89)(H,93,94)/t25?,35-,36+,42?,44?,46-,47?,48?,49+,50-,51-,52-,53?,54?,56?,57?,65?,66?/m1/s1. The van der Waals surface area contributed by atoms with Gasteiger partial charge < -0.3 is 128 Å². The summed E-state index contributed by atoms with van der Waals surface area (Å²) < 4.78 is 38.3. The molecule has 7 aliphatic rings. The highest BCUT2D eigenvalue weighted by molar-refractivity contribution is 6.32. The van der Waals surface area contributed by atoms with E-state index in [0.29, 0.717) is 0 Å². The number of aliphatic hydroxyl groups is 6. The average molecular weight is 1410 g/mol. The molecule has 2 fully saturated rings.